The van der Waals surface area contributed by atoms with Crippen LogP contribution >= 0.6 is 0 Å². The predicted molar refractivity (Wildman–Crippen MR) is 49.8 cm³/mol. The number of hydrogen-bond donors (Lipinski definition) is 0. The molecule has 2 heterocycles. The Hall–Kier alpha value is -0.160. The van der Waals surface area contributed by atoms with Crippen LogP contribution in [0.2, 0.25) is 0 Å². The van der Waals surface area contributed by atoms with Gasteiger partial charge in [0.1, 0.15) is 12.2 Å². The summed E-state index contributed by atoms with van der Waals surface area (Å²) in [6, 6.07) is 0. The van der Waals surface area contributed by atoms with E-state index >= 15 is 0 Å². The molecule has 14 heavy (non-hydrogen) atoms. The highest BCUT2D eigenvalue weighted by molar-refractivity contribution is 4.99. The third-order valence-corrected chi connectivity index (χ3v) is 2.93. The molecule has 1 unspecified atom stereocenters. The van der Waals surface area contributed by atoms with Crippen molar-refractivity contribution in [3.05, 3.63) is 0 Å². The Morgan fingerprint density at radius 3 is 2.29 bits per heavy atom. The molecule has 0 aromatic rings. The van der Waals surface area contributed by atoms with Crippen LogP contribution in [0.1, 0.15) is 27.7 Å². The Bertz CT molecular complexity index is 240. The van der Waals surface area contributed by atoms with Gasteiger partial charge >= 0.3 is 0 Å². The average molecular weight is 202 g/mol. The zero-order chi connectivity index (χ0) is 10.6. The minimum atomic E-state index is -0.683. The Labute approximate surface area is 84.5 Å². The molecule has 0 amide bonds. The predicted octanol–water partition coefficient (Wildman–Crippen LogP) is 1.29. The first-order valence-electron chi connectivity index (χ1n) is 4.96. The van der Waals surface area contributed by atoms with Gasteiger partial charge in [-0.15, -0.1) is 0 Å². The van der Waals surface area contributed by atoms with E-state index in [1.165, 1.54) is 0 Å². The van der Waals surface area contributed by atoms with Gasteiger partial charge in [-0.05, 0) is 27.7 Å². The van der Waals surface area contributed by atoms with Crippen LogP contribution in [0.25, 0.3) is 0 Å². The monoisotopic (exact) mass is 202 g/mol. The second kappa shape index (κ2) is 2.92. The number of fused-ring (bicyclic) bond motifs is 1. The summed E-state index contributed by atoms with van der Waals surface area (Å²) in [6.07, 6.45) is -0.167. The Morgan fingerprint density at radius 1 is 1.07 bits per heavy atom. The molecule has 0 aromatic carbocycles. The lowest BCUT2D eigenvalue weighted by atomic mass is 10.1. The molecule has 0 saturated carbocycles. The first kappa shape index (κ1) is 10.4. The van der Waals surface area contributed by atoms with Gasteiger partial charge in [0.2, 0.25) is 0 Å². The SMILES string of the molecule is COC1(C)O[C@H](C)[C@H]2OC(C)(C)O[C@H]21. The molecule has 0 spiro atoms. The van der Waals surface area contributed by atoms with Crippen LogP contribution in [-0.4, -0.2) is 37.0 Å². The van der Waals surface area contributed by atoms with Crippen LogP contribution in [-0.2, 0) is 18.9 Å². The molecule has 2 aliphatic heterocycles. The van der Waals surface area contributed by atoms with Crippen LogP contribution in [0, 0.1) is 0 Å². The van der Waals surface area contributed by atoms with Crippen LogP contribution < -0.4 is 0 Å². The maximum Gasteiger partial charge on any atom is 0.194 e. The van der Waals surface area contributed by atoms with E-state index in [9.17, 15) is 0 Å². The van der Waals surface area contributed by atoms with Gasteiger partial charge in [0.05, 0.1) is 6.10 Å². The summed E-state index contributed by atoms with van der Waals surface area (Å²) in [5.41, 5.74) is 0. The van der Waals surface area contributed by atoms with Crippen LogP contribution in [0.15, 0.2) is 0 Å². The summed E-state index contributed by atoms with van der Waals surface area (Å²) in [7, 11) is 1.63. The lowest BCUT2D eigenvalue weighted by molar-refractivity contribution is -0.273. The Kier molecular flexibility index (Phi) is 2.16. The molecule has 2 saturated heterocycles. The van der Waals surface area contributed by atoms with Crippen molar-refractivity contribution in [2.45, 2.75) is 57.6 Å². The first-order chi connectivity index (χ1) is 6.38. The van der Waals surface area contributed by atoms with Crippen molar-refractivity contribution < 1.29 is 18.9 Å². The highest BCUT2D eigenvalue weighted by Gasteiger charge is 2.60. The van der Waals surface area contributed by atoms with Gasteiger partial charge in [-0.3, -0.25) is 0 Å². The highest BCUT2D eigenvalue weighted by Crippen LogP contribution is 2.43. The average Bonchev–Trinajstić information content (AvgIpc) is 2.50. The minimum absolute atomic E-state index is 0.00623. The van der Waals surface area contributed by atoms with E-state index in [1.807, 2.05) is 27.7 Å². The summed E-state index contributed by atoms with van der Waals surface area (Å²) in [4.78, 5) is 0. The van der Waals surface area contributed by atoms with Gasteiger partial charge in [-0.1, -0.05) is 0 Å². The summed E-state index contributed by atoms with van der Waals surface area (Å²) < 4.78 is 22.6. The maximum atomic E-state index is 5.78. The van der Waals surface area contributed by atoms with E-state index in [0.29, 0.717) is 0 Å². The molecule has 0 aromatic heterocycles. The molecule has 2 aliphatic rings. The molecular weight excluding hydrogens is 184 g/mol. The van der Waals surface area contributed by atoms with Crippen molar-refractivity contribution in [3.8, 4) is 0 Å². The van der Waals surface area contributed by atoms with Crippen LogP contribution in [0.4, 0.5) is 0 Å². The third-order valence-electron chi connectivity index (χ3n) is 2.93. The van der Waals surface area contributed by atoms with E-state index in [4.69, 9.17) is 18.9 Å². The van der Waals surface area contributed by atoms with Gasteiger partial charge < -0.3 is 18.9 Å². The molecule has 2 rings (SSSR count). The van der Waals surface area contributed by atoms with Crippen LogP contribution in [0.5, 0.6) is 0 Å². The number of rotatable bonds is 1. The van der Waals surface area contributed by atoms with Crippen molar-refractivity contribution in [2.24, 2.45) is 0 Å². The quantitative estimate of drug-likeness (QED) is 0.642. The zero-order valence-electron chi connectivity index (χ0n) is 9.37. The van der Waals surface area contributed by atoms with Gasteiger partial charge in [-0.2, -0.15) is 0 Å². The molecule has 0 radical (unpaired) electrons. The van der Waals surface area contributed by atoms with Crippen molar-refractivity contribution >= 4 is 0 Å². The van der Waals surface area contributed by atoms with Crippen molar-refractivity contribution in [3.63, 3.8) is 0 Å². The topological polar surface area (TPSA) is 36.9 Å². The van der Waals surface area contributed by atoms with E-state index in [1.54, 1.807) is 7.11 Å². The highest BCUT2D eigenvalue weighted by atomic mass is 16.8. The largest absolute Gasteiger partial charge is 0.351 e. The molecular formula is C10H18O4. The smallest absolute Gasteiger partial charge is 0.194 e. The second-order valence-corrected chi connectivity index (χ2v) is 4.56. The lowest BCUT2D eigenvalue weighted by Gasteiger charge is -2.29. The molecule has 4 nitrogen and oxygen atoms in total. The van der Waals surface area contributed by atoms with E-state index in [2.05, 4.69) is 0 Å². The van der Waals surface area contributed by atoms with Crippen molar-refractivity contribution in [1.29, 1.82) is 0 Å². The zero-order valence-corrected chi connectivity index (χ0v) is 9.37. The summed E-state index contributed by atoms with van der Waals surface area (Å²) >= 11 is 0. The summed E-state index contributed by atoms with van der Waals surface area (Å²) in [5.74, 6) is -1.22. The standard InChI is InChI=1S/C10H18O4/c1-6-7-8(10(4,11-5)12-6)14-9(2,3)13-7/h6-8H,1-5H3/t6-,7-,8-,10?/m1/s1. The summed E-state index contributed by atoms with van der Waals surface area (Å²) in [6.45, 7) is 7.69. The molecule has 0 N–H and O–H groups in total. The fourth-order valence-corrected chi connectivity index (χ4v) is 2.21. The molecule has 82 valence electrons. The maximum absolute atomic E-state index is 5.78. The molecule has 2 fully saturated rings. The molecule has 0 aliphatic carbocycles. The van der Waals surface area contributed by atoms with E-state index in [0.717, 1.165) is 0 Å². The fraction of sp³-hybridized carbons (Fsp3) is 1.00. The van der Waals surface area contributed by atoms with Gasteiger partial charge in [0.15, 0.2) is 11.6 Å². The van der Waals surface area contributed by atoms with Gasteiger partial charge in [0.25, 0.3) is 0 Å². The normalized spacial score (nSPS) is 50.8. The molecule has 0 bridgehead atoms. The number of hydrogen-bond acceptors (Lipinski definition) is 4. The first-order valence-corrected chi connectivity index (χ1v) is 4.96. The van der Waals surface area contributed by atoms with E-state index in [-0.39, 0.29) is 18.3 Å². The van der Waals surface area contributed by atoms with E-state index < -0.39 is 11.6 Å². The third kappa shape index (κ3) is 1.37. The Balaban J connectivity index is 2.23. The summed E-state index contributed by atoms with van der Waals surface area (Å²) in [5, 5.41) is 0. The number of methoxy groups -OCH3 is 1. The fourth-order valence-electron chi connectivity index (χ4n) is 2.21. The van der Waals surface area contributed by atoms with Crippen LogP contribution in [0.3, 0.4) is 0 Å². The molecule has 4 heteroatoms. The lowest BCUT2D eigenvalue weighted by Crippen LogP contribution is -2.42. The molecule has 4 atom stereocenters. The minimum Gasteiger partial charge on any atom is -0.351 e. The van der Waals surface area contributed by atoms with Crippen molar-refractivity contribution in [2.75, 3.05) is 7.11 Å². The Morgan fingerprint density at radius 2 is 1.71 bits per heavy atom. The van der Waals surface area contributed by atoms with Gasteiger partial charge in [0, 0.05) is 7.11 Å². The number of ether oxygens (including phenoxy) is 4. The van der Waals surface area contributed by atoms with Crippen molar-refractivity contribution in [1.82, 2.24) is 0 Å². The second-order valence-electron chi connectivity index (χ2n) is 4.56. The van der Waals surface area contributed by atoms with Gasteiger partial charge in [-0.25, -0.2) is 0 Å².